The van der Waals surface area contributed by atoms with Crippen molar-refractivity contribution >= 4 is 5.91 Å². The summed E-state index contributed by atoms with van der Waals surface area (Å²) in [6.45, 7) is 5.66. The Morgan fingerprint density at radius 3 is 2.85 bits per heavy atom. The van der Waals surface area contributed by atoms with Crippen LogP contribution in [0.25, 0.3) is 0 Å². The second-order valence-corrected chi connectivity index (χ2v) is 6.91. The minimum absolute atomic E-state index is 0.0153. The molecule has 0 aromatic heterocycles. The molecule has 138 valence electrons. The van der Waals surface area contributed by atoms with E-state index in [4.69, 9.17) is 4.74 Å². The summed E-state index contributed by atoms with van der Waals surface area (Å²) < 4.78 is 5.63. The van der Waals surface area contributed by atoms with E-state index in [0.717, 1.165) is 44.6 Å². The highest BCUT2D eigenvalue weighted by molar-refractivity contribution is 5.94. The molecule has 1 amide bonds. The van der Waals surface area contributed by atoms with Gasteiger partial charge in [-0.1, -0.05) is 43.3 Å². The molecule has 1 aliphatic heterocycles. The Hall–Kier alpha value is -2.33. The van der Waals surface area contributed by atoms with Crippen molar-refractivity contribution in [2.45, 2.75) is 38.8 Å². The largest absolute Gasteiger partial charge is 0.494 e. The second kappa shape index (κ2) is 9.39. The average molecular weight is 352 g/mol. The van der Waals surface area contributed by atoms with Crippen LogP contribution in [0.15, 0.2) is 54.6 Å². The van der Waals surface area contributed by atoms with Gasteiger partial charge in [-0.25, -0.2) is 0 Å². The first kappa shape index (κ1) is 18.5. The number of amides is 1. The van der Waals surface area contributed by atoms with Crippen molar-refractivity contribution in [3.63, 3.8) is 0 Å². The predicted molar refractivity (Wildman–Crippen MR) is 104 cm³/mol. The maximum absolute atomic E-state index is 12.6. The van der Waals surface area contributed by atoms with E-state index >= 15 is 0 Å². The van der Waals surface area contributed by atoms with Gasteiger partial charge >= 0.3 is 0 Å². The number of rotatable bonds is 7. The summed E-state index contributed by atoms with van der Waals surface area (Å²) in [4.78, 5) is 15.0. The van der Waals surface area contributed by atoms with Gasteiger partial charge < -0.3 is 10.1 Å². The van der Waals surface area contributed by atoms with Crippen LogP contribution >= 0.6 is 0 Å². The molecule has 2 aromatic carbocycles. The molecule has 4 nitrogen and oxygen atoms in total. The molecule has 0 radical (unpaired) electrons. The van der Waals surface area contributed by atoms with Crippen molar-refractivity contribution in [2.24, 2.45) is 0 Å². The molecule has 3 rings (SSSR count). The number of piperidine rings is 1. The standard InChI is InChI=1S/C22H28N2O2/c1-2-14-26-21-12-6-10-19(15-21)22(25)23-20-11-7-13-24(17-20)16-18-8-4-3-5-9-18/h3-6,8-10,12,15,20H,2,7,11,13-14,16-17H2,1H3,(H,23,25). The fourth-order valence-electron chi connectivity index (χ4n) is 3.37. The van der Waals surface area contributed by atoms with Crippen LogP contribution in [0.1, 0.15) is 42.1 Å². The Balaban J connectivity index is 1.55. The Morgan fingerprint density at radius 2 is 2.04 bits per heavy atom. The van der Waals surface area contributed by atoms with E-state index in [1.165, 1.54) is 5.56 Å². The smallest absolute Gasteiger partial charge is 0.251 e. The molecule has 1 aliphatic rings. The molecule has 26 heavy (non-hydrogen) atoms. The van der Waals surface area contributed by atoms with Crippen molar-refractivity contribution in [1.82, 2.24) is 10.2 Å². The van der Waals surface area contributed by atoms with E-state index in [1.54, 1.807) is 0 Å². The third kappa shape index (κ3) is 5.33. The molecule has 0 bridgehead atoms. The molecular weight excluding hydrogens is 324 g/mol. The van der Waals surface area contributed by atoms with E-state index in [9.17, 15) is 4.79 Å². The van der Waals surface area contributed by atoms with Gasteiger partial charge in [0.25, 0.3) is 5.91 Å². The number of ether oxygens (including phenoxy) is 1. The van der Waals surface area contributed by atoms with Gasteiger partial charge in [-0.2, -0.15) is 0 Å². The third-order valence-electron chi connectivity index (χ3n) is 4.66. The molecule has 1 saturated heterocycles. The van der Waals surface area contributed by atoms with E-state index in [0.29, 0.717) is 12.2 Å². The number of carbonyl (C=O) groups excluding carboxylic acids is 1. The highest BCUT2D eigenvalue weighted by Gasteiger charge is 2.22. The Labute approximate surface area is 156 Å². The molecule has 1 atom stereocenters. The highest BCUT2D eigenvalue weighted by Crippen LogP contribution is 2.16. The zero-order valence-electron chi connectivity index (χ0n) is 15.5. The monoisotopic (exact) mass is 352 g/mol. The van der Waals surface area contributed by atoms with Gasteiger partial charge in [-0.05, 0) is 49.6 Å². The minimum Gasteiger partial charge on any atom is -0.494 e. The molecule has 0 spiro atoms. The van der Waals surface area contributed by atoms with Gasteiger partial charge in [-0.3, -0.25) is 9.69 Å². The summed E-state index contributed by atoms with van der Waals surface area (Å²) in [6.07, 6.45) is 3.09. The number of nitrogens with one attached hydrogen (secondary N) is 1. The molecule has 2 aromatic rings. The summed E-state index contributed by atoms with van der Waals surface area (Å²) in [6, 6.07) is 18.2. The number of carbonyl (C=O) groups is 1. The molecule has 0 aliphatic carbocycles. The first-order valence-electron chi connectivity index (χ1n) is 9.54. The number of nitrogens with zero attached hydrogens (tertiary/aromatic N) is 1. The Bertz CT molecular complexity index is 702. The van der Waals surface area contributed by atoms with Crippen LogP contribution in [0.2, 0.25) is 0 Å². The van der Waals surface area contributed by atoms with Crippen molar-refractivity contribution in [1.29, 1.82) is 0 Å². The zero-order chi connectivity index (χ0) is 18.2. The minimum atomic E-state index is -0.0153. The molecule has 1 N–H and O–H groups in total. The van der Waals surface area contributed by atoms with Crippen molar-refractivity contribution in [2.75, 3.05) is 19.7 Å². The number of benzene rings is 2. The summed E-state index contributed by atoms with van der Waals surface area (Å²) in [5.74, 6) is 0.743. The summed E-state index contributed by atoms with van der Waals surface area (Å²) >= 11 is 0. The molecule has 0 saturated carbocycles. The van der Waals surface area contributed by atoms with Gasteiger partial charge in [0.15, 0.2) is 0 Å². The average Bonchev–Trinajstić information content (AvgIpc) is 2.68. The van der Waals surface area contributed by atoms with E-state index in [1.807, 2.05) is 30.3 Å². The summed E-state index contributed by atoms with van der Waals surface area (Å²) in [5, 5.41) is 3.20. The van der Waals surface area contributed by atoms with Gasteiger partial charge in [0.05, 0.1) is 6.61 Å². The van der Waals surface area contributed by atoms with Crippen molar-refractivity contribution in [3.8, 4) is 5.75 Å². The van der Waals surface area contributed by atoms with Crippen LogP contribution in [0.5, 0.6) is 5.75 Å². The normalized spacial score (nSPS) is 17.7. The second-order valence-electron chi connectivity index (χ2n) is 6.91. The summed E-state index contributed by atoms with van der Waals surface area (Å²) in [5.41, 5.74) is 1.99. The number of likely N-dealkylation sites (tertiary alicyclic amines) is 1. The lowest BCUT2D eigenvalue weighted by molar-refractivity contribution is 0.0900. The topological polar surface area (TPSA) is 41.6 Å². The van der Waals surface area contributed by atoms with Crippen molar-refractivity contribution in [3.05, 3.63) is 65.7 Å². The SMILES string of the molecule is CCCOc1cccc(C(=O)NC2CCCN(Cc3ccccc3)C2)c1. The van der Waals surface area contributed by atoms with E-state index in [2.05, 4.69) is 41.4 Å². The van der Waals surface area contributed by atoms with E-state index in [-0.39, 0.29) is 11.9 Å². The quantitative estimate of drug-likeness (QED) is 0.822. The lowest BCUT2D eigenvalue weighted by Crippen LogP contribution is -2.47. The van der Waals surface area contributed by atoms with Gasteiger partial charge in [0.1, 0.15) is 5.75 Å². The number of hydrogen-bond acceptors (Lipinski definition) is 3. The maximum Gasteiger partial charge on any atom is 0.251 e. The fourth-order valence-corrected chi connectivity index (χ4v) is 3.37. The Morgan fingerprint density at radius 1 is 1.19 bits per heavy atom. The van der Waals surface area contributed by atoms with Crippen LogP contribution in [0.3, 0.4) is 0 Å². The molecule has 1 fully saturated rings. The summed E-state index contributed by atoms with van der Waals surface area (Å²) in [7, 11) is 0. The van der Waals surface area contributed by atoms with Gasteiger partial charge in [-0.15, -0.1) is 0 Å². The predicted octanol–water partition coefficient (Wildman–Crippen LogP) is 3.87. The first-order valence-corrected chi connectivity index (χ1v) is 9.54. The van der Waals surface area contributed by atoms with Crippen LogP contribution < -0.4 is 10.1 Å². The van der Waals surface area contributed by atoms with E-state index < -0.39 is 0 Å². The van der Waals surface area contributed by atoms with Crippen LogP contribution in [-0.2, 0) is 6.54 Å². The molecule has 1 unspecified atom stereocenters. The molecule has 1 heterocycles. The highest BCUT2D eigenvalue weighted by atomic mass is 16.5. The van der Waals surface area contributed by atoms with Crippen LogP contribution in [0, 0.1) is 0 Å². The fraction of sp³-hybridized carbons (Fsp3) is 0.409. The molecular formula is C22H28N2O2. The molecule has 4 heteroatoms. The van der Waals surface area contributed by atoms with Gasteiger partial charge in [0.2, 0.25) is 0 Å². The number of hydrogen-bond donors (Lipinski definition) is 1. The van der Waals surface area contributed by atoms with Crippen molar-refractivity contribution < 1.29 is 9.53 Å². The third-order valence-corrected chi connectivity index (χ3v) is 4.66. The van der Waals surface area contributed by atoms with Gasteiger partial charge in [0, 0.05) is 24.7 Å². The zero-order valence-corrected chi connectivity index (χ0v) is 15.5. The lowest BCUT2D eigenvalue weighted by atomic mass is 10.0. The first-order chi connectivity index (χ1) is 12.7. The lowest BCUT2D eigenvalue weighted by Gasteiger charge is -2.33. The van der Waals surface area contributed by atoms with Crippen LogP contribution in [0.4, 0.5) is 0 Å². The van der Waals surface area contributed by atoms with Crippen LogP contribution in [-0.4, -0.2) is 36.5 Å². The Kier molecular flexibility index (Phi) is 6.67. The maximum atomic E-state index is 12.6.